The number of carboxylic acid groups (broad SMARTS) is 1. The summed E-state index contributed by atoms with van der Waals surface area (Å²) in [6, 6.07) is 15.9. The van der Waals surface area contributed by atoms with Crippen molar-refractivity contribution in [3.05, 3.63) is 78.1 Å². The maximum Gasteiger partial charge on any atom is 0.344 e. The van der Waals surface area contributed by atoms with Crippen LogP contribution in [0.4, 0.5) is 0 Å². The average molecular weight is 407 g/mol. The van der Waals surface area contributed by atoms with E-state index in [0.717, 1.165) is 5.69 Å². The van der Waals surface area contributed by atoms with Gasteiger partial charge >= 0.3 is 5.97 Å². The third-order valence-electron chi connectivity index (χ3n) is 4.25. The first kappa shape index (κ1) is 20.7. The Balaban J connectivity index is 1.76. The number of aliphatic carboxylic acids is 1. The molecule has 0 aliphatic rings. The van der Waals surface area contributed by atoms with Crippen LogP contribution in [0.25, 0.3) is 5.69 Å². The lowest BCUT2D eigenvalue weighted by atomic mass is 10.2. The molecule has 1 atom stereocenters. The van der Waals surface area contributed by atoms with E-state index in [2.05, 4.69) is 10.5 Å². The monoisotopic (exact) mass is 407 g/mol. The number of amides is 1. The van der Waals surface area contributed by atoms with Gasteiger partial charge in [-0.2, -0.15) is 5.10 Å². The van der Waals surface area contributed by atoms with E-state index in [0.29, 0.717) is 16.9 Å². The minimum absolute atomic E-state index is 0.225. The molecule has 3 aromatic rings. The molecule has 0 aliphatic heterocycles. The molecule has 1 heterocycles. The normalized spacial score (nSPS) is 11.8. The lowest BCUT2D eigenvalue weighted by Crippen LogP contribution is -2.24. The van der Waals surface area contributed by atoms with Gasteiger partial charge in [0.1, 0.15) is 0 Å². The van der Waals surface area contributed by atoms with Crippen molar-refractivity contribution < 1.29 is 24.2 Å². The van der Waals surface area contributed by atoms with Crippen molar-refractivity contribution in [2.24, 2.45) is 5.10 Å². The molecule has 2 N–H and O–H groups in total. The number of carbonyl (C=O) groups is 2. The second kappa shape index (κ2) is 9.42. The van der Waals surface area contributed by atoms with Crippen LogP contribution in [0.1, 0.15) is 22.8 Å². The molecular formula is C22H21N3O5. The Kier molecular flexibility index (Phi) is 6.49. The van der Waals surface area contributed by atoms with E-state index in [1.165, 1.54) is 20.2 Å². The number of nitrogens with zero attached hydrogens (tertiary/aromatic N) is 2. The third kappa shape index (κ3) is 4.85. The minimum Gasteiger partial charge on any atom is -0.493 e. The first-order chi connectivity index (χ1) is 14.5. The number of aromatic nitrogens is 1. The number of para-hydroxylation sites is 1. The summed E-state index contributed by atoms with van der Waals surface area (Å²) < 4.78 is 12.6. The molecule has 3 rings (SSSR count). The number of benzene rings is 2. The smallest absolute Gasteiger partial charge is 0.344 e. The van der Waals surface area contributed by atoms with Gasteiger partial charge in [0.05, 0.1) is 13.3 Å². The van der Waals surface area contributed by atoms with Crippen LogP contribution >= 0.6 is 0 Å². The van der Waals surface area contributed by atoms with Crippen molar-refractivity contribution in [2.75, 3.05) is 7.11 Å². The van der Waals surface area contributed by atoms with E-state index in [1.807, 2.05) is 35.2 Å². The molecule has 30 heavy (non-hydrogen) atoms. The van der Waals surface area contributed by atoms with Crippen molar-refractivity contribution in [1.29, 1.82) is 0 Å². The van der Waals surface area contributed by atoms with E-state index in [1.54, 1.807) is 36.4 Å². The van der Waals surface area contributed by atoms with Crippen LogP contribution < -0.4 is 14.9 Å². The van der Waals surface area contributed by atoms with Crippen molar-refractivity contribution in [3.63, 3.8) is 0 Å². The van der Waals surface area contributed by atoms with Crippen LogP contribution in [-0.2, 0) is 4.79 Å². The Morgan fingerprint density at radius 2 is 1.87 bits per heavy atom. The first-order valence-electron chi connectivity index (χ1n) is 9.13. The van der Waals surface area contributed by atoms with Gasteiger partial charge in [-0.1, -0.05) is 12.1 Å². The Morgan fingerprint density at radius 3 is 2.57 bits per heavy atom. The Labute approximate surface area is 173 Å². The number of nitrogens with one attached hydrogen (secondary N) is 1. The summed E-state index contributed by atoms with van der Waals surface area (Å²) in [5.41, 5.74) is 4.23. The van der Waals surface area contributed by atoms with Crippen LogP contribution in [0, 0.1) is 0 Å². The molecule has 0 bridgehead atoms. The van der Waals surface area contributed by atoms with Gasteiger partial charge in [-0.3, -0.25) is 4.79 Å². The summed E-state index contributed by atoms with van der Waals surface area (Å²) in [6.07, 6.45) is 4.06. The van der Waals surface area contributed by atoms with E-state index in [-0.39, 0.29) is 11.7 Å². The zero-order valence-electron chi connectivity index (χ0n) is 16.5. The number of methoxy groups -OCH3 is 1. The molecule has 0 aliphatic carbocycles. The van der Waals surface area contributed by atoms with Crippen molar-refractivity contribution in [2.45, 2.75) is 13.0 Å². The van der Waals surface area contributed by atoms with Gasteiger partial charge in [-0.05, 0) is 49.4 Å². The molecule has 8 nitrogen and oxygen atoms in total. The van der Waals surface area contributed by atoms with Gasteiger partial charge < -0.3 is 19.1 Å². The lowest BCUT2D eigenvalue weighted by Gasteiger charge is -2.15. The molecule has 0 radical (unpaired) electrons. The fourth-order valence-electron chi connectivity index (χ4n) is 2.69. The highest BCUT2D eigenvalue weighted by Crippen LogP contribution is 2.31. The van der Waals surface area contributed by atoms with Gasteiger partial charge in [-0.25, -0.2) is 10.2 Å². The zero-order chi connectivity index (χ0) is 21.5. The van der Waals surface area contributed by atoms with Crippen LogP contribution in [0.15, 0.2) is 72.1 Å². The third-order valence-corrected chi connectivity index (χ3v) is 4.25. The molecule has 1 amide bonds. The highest BCUT2D eigenvalue weighted by molar-refractivity contribution is 5.95. The fourth-order valence-corrected chi connectivity index (χ4v) is 2.69. The summed E-state index contributed by atoms with van der Waals surface area (Å²) >= 11 is 0. The summed E-state index contributed by atoms with van der Waals surface area (Å²) in [5, 5.41) is 13.1. The maximum absolute atomic E-state index is 12.5. The number of carboxylic acids is 1. The molecule has 154 valence electrons. The van der Waals surface area contributed by atoms with Crippen LogP contribution in [0.5, 0.6) is 11.5 Å². The predicted octanol–water partition coefficient (Wildman–Crippen LogP) is 3.10. The molecule has 1 aromatic heterocycles. The molecule has 0 saturated heterocycles. The number of ether oxygens (including phenoxy) is 2. The Morgan fingerprint density at radius 1 is 1.13 bits per heavy atom. The summed E-state index contributed by atoms with van der Waals surface area (Å²) in [4.78, 5) is 23.6. The molecule has 0 unspecified atom stereocenters. The second-order valence-electron chi connectivity index (χ2n) is 6.32. The van der Waals surface area contributed by atoms with E-state index < -0.39 is 12.1 Å². The molecule has 8 heteroatoms. The standard InChI is InChI=1S/C22H21N3O5/c1-15(22(27)28)30-20-17(8-6-10-19(20)29-2)14-23-24-21(26)16-7-5-9-18(13-16)25-11-3-4-12-25/h3-15H,1-2H3,(H,24,26)(H,27,28)/b23-14+/t15-/m0/s1. The van der Waals surface area contributed by atoms with Gasteiger partial charge in [-0.15, -0.1) is 0 Å². The van der Waals surface area contributed by atoms with E-state index >= 15 is 0 Å². The SMILES string of the molecule is COc1cccc(/C=N/NC(=O)c2cccc(-n3cccc3)c2)c1O[C@@H](C)C(=O)O. The van der Waals surface area contributed by atoms with Crippen LogP contribution in [0.2, 0.25) is 0 Å². The number of rotatable bonds is 8. The van der Waals surface area contributed by atoms with E-state index in [9.17, 15) is 9.59 Å². The average Bonchev–Trinajstić information content (AvgIpc) is 3.29. The fraction of sp³-hybridized carbons (Fsp3) is 0.136. The van der Waals surface area contributed by atoms with Crippen molar-refractivity contribution in [1.82, 2.24) is 9.99 Å². The van der Waals surface area contributed by atoms with Crippen LogP contribution in [-0.4, -0.2) is 41.0 Å². The second-order valence-corrected chi connectivity index (χ2v) is 6.32. The molecule has 0 spiro atoms. The molecule has 0 saturated carbocycles. The largest absolute Gasteiger partial charge is 0.493 e. The summed E-state index contributed by atoms with van der Waals surface area (Å²) in [6.45, 7) is 1.41. The topological polar surface area (TPSA) is 102 Å². The van der Waals surface area contributed by atoms with Gasteiger partial charge in [0.15, 0.2) is 17.6 Å². The van der Waals surface area contributed by atoms with Crippen molar-refractivity contribution >= 4 is 18.1 Å². The number of hydrogen-bond donors (Lipinski definition) is 2. The first-order valence-corrected chi connectivity index (χ1v) is 9.13. The van der Waals surface area contributed by atoms with Crippen LogP contribution in [0.3, 0.4) is 0 Å². The van der Waals surface area contributed by atoms with E-state index in [4.69, 9.17) is 14.6 Å². The quantitative estimate of drug-likeness (QED) is 0.441. The number of hydrazone groups is 1. The predicted molar refractivity (Wildman–Crippen MR) is 112 cm³/mol. The Bertz CT molecular complexity index is 1060. The number of carbonyl (C=O) groups excluding carboxylic acids is 1. The van der Waals surface area contributed by atoms with Gasteiger partial charge in [0, 0.05) is 29.2 Å². The minimum atomic E-state index is -1.11. The molecule has 0 fully saturated rings. The highest BCUT2D eigenvalue weighted by Gasteiger charge is 2.18. The lowest BCUT2D eigenvalue weighted by molar-refractivity contribution is -0.144. The Hall–Kier alpha value is -4.07. The summed E-state index contributed by atoms with van der Waals surface area (Å²) in [5.74, 6) is -0.912. The maximum atomic E-state index is 12.5. The highest BCUT2D eigenvalue weighted by atomic mass is 16.5. The molecular weight excluding hydrogens is 386 g/mol. The zero-order valence-corrected chi connectivity index (χ0v) is 16.5. The molecule has 2 aromatic carbocycles. The van der Waals surface area contributed by atoms with Gasteiger partial charge in [0.25, 0.3) is 5.91 Å². The van der Waals surface area contributed by atoms with Crippen molar-refractivity contribution in [3.8, 4) is 17.2 Å². The van der Waals surface area contributed by atoms with Gasteiger partial charge in [0.2, 0.25) is 0 Å². The summed E-state index contributed by atoms with van der Waals surface area (Å²) in [7, 11) is 1.45. The number of hydrogen-bond acceptors (Lipinski definition) is 5.